The molecule has 0 saturated carbocycles. The highest BCUT2D eigenvalue weighted by Gasteiger charge is 2.35. The third-order valence-electron chi connectivity index (χ3n) is 4.49. The minimum absolute atomic E-state index is 0.00431. The van der Waals surface area contributed by atoms with E-state index in [-0.39, 0.29) is 29.4 Å². The SMILES string of the molecule is O=C(NC1CCS(=O)(=O)C1)C1CCN(S(=O)(=O)c2cccs2)CC1. The van der Waals surface area contributed by atoms with Gasteiger partial charge in [0.15, 0.2) is 9.84 Å². The quantitative estimate of drug-likeness (QED) is 0.802. The molecule has 1 unspecified atom stereocenters. The van der Waals surface area contributed by atoms with Crippen LogP contribution in [0.3, 0.4) is 0 Å². The van der Waals surface area contributed by atoms with Gasteiger partial charge in [-0.05, 0) is 30.7 Å². The molecule has 2 aliphatic rings. The third kappa shape index (κ3) is 3.81. The van der Waals surface area contributed by atoms with Crippen LogP contribution in [0.5, 0.6) is 0 Å². The molecule has 2 fully saturated rings. The molecule has 134 valence electrons. The molecule has 2 aliphatic heterocycles. The number of hydrogen-bond acceptors (Lipinski definition) is 6. The fraction of sp³-hybridized carbons (Fsp3) is 0.643. The summed E-state index contributed by atoms with van der Waals surface area (Å²) < 4.78 is 49.5. The van der Waals surface area contributed by atoms with Crippen LogP contribution in [0.4, 0.5) is 0 Å². The van der Waals surface area contributed by atoms with Crippen LogP contribution in [0.2, 0.25) is 0 Å². The Labute approximate surface area is 146 Å². The summed E-state index contributed by atoms with van der Waals surface area (Å²) >= 11 is 1.19. The number of thiophene rings is 1. The van der Waals surface area contributed by atoms with Crippen LogP contribution >= 0.6 is 11.3 Å². The van der Waals surface area contributed by atoms with Crippen molar-refractivity contribution in [1.29, 1.82) is 0 Å². The van der Waals surface area contributed by atoms with Gasteiger partial charge in [0.1, 0.15) is 4.21 Å². The number of carbonyl (C=O) groups is 1. The summed E-state index contributed by atoms with van der Waals surface area (Å²) in [6.07, 6.45) is 1.37. The van der Waals surface area contributed by atoms with Gasteiger partial charge in [0.25, 0.3) is 10.0 Å². The molecule has 0 bridgehead atoms. The van der Waals surface area contributed by atoms with Gasteiger partial charge in [-0.3, -0.25) is 4.79 Å². The molecule has 2 saturated heterocycles. The average Bonchev–Trinajstić information content (AvgIpc) is 3.17. The van der Waals surface area contributed by atoms with Gasteiger partial charge in [-0.25, -0.2) is 16.8 Å². The van der Waals surface area contributed by atoms with Gasteiger partial charge in [-0.1, -0.05) is 6.07 Å². The number of nitrogens with one attached hydrogen (secondary N) is 1. The van der Waals surface area contributed by atoms with Crippen LogP contribution in [-0.4, -0.2) is 57.7 Å². The Bertz CT molecular complexity index is 793. The Morgan fingerprint density at radius 1 is 1.25 bits per heavy atom. The number of sulfone groups is 1. The Hall–Kier alpha value is -0.970. The van der Waals surface area contributed by atoms with E-state index in [1.165, 1.54) is 15.6 Å². The van der Waals surface area contributed by atoms with Gasteiger partial charge in [0, 0.05) is 25.0 Å². The number of amides is 1. The normalized spacial score (nSPS) is 25.6. The first-order chi connectivity index (χ1) is 11.3. The highest BCUT2D eigenvalue weighted by molar-refractivity contribution is 7.91. The van der Waals surface area contributed by atoms with Crippen LogP contribution in [0.15, 0.2) is 21.7 Å². The van der Waals surface area contributed by atoms with Crippen LogP contribution < -0.4 is 5.32 Å². The van der Waals surface area contributed by atoms with Crippen LogP contribution in [0, 0.1) is 5.92 Å². The van der Waals surface area contributed by atoms with E-state index >= 15 is 0 Å². The molecule has 1 amide bonds. The van der Waals surface area contributed by atoms with E-state index in [1.54, 1.807) is 17.5 Å². The molecule has 3 heterocycles. The number of hydrogen-bond donors (Lipinski definition) is 1. The summed E-state index contributed by atoms with van der Waals surface area (Å²) in [6.45, 7) is 0.614. The molecular weight excluding hydrogens is 372 g/mol. The minimum atomic E-state index is -3.46. The van der Waals surface area contributed by atoms with Crippen molar-refractivity contribution in [3.63, 3.8) is 0 Å². The van der Waals surface area contributed by atoms with Gasteiger partial charge in [0.2, 0.25) is 5.91 Å². The predicted octanol–water partition coefficient (Wildman–Crippen LogP) is 0.452. The lowest BCUT2D eigenvalue weighted by Crippen LogP contribution is -2.45. The molecule has 0 radical (unpaired) electrons. The molecule has 1 N–H and O–H groups in total. The number of nitrogens with zero attached hydrogens (tertiary/aromatic N) is 1. The van der Waals surface area contributed by atoms with E-state index < -0.39 is 19.9 Å². The van der Waals surface area contributed by atoms with Crippen molar-refractivity contribution < 1.29 is 21.6 Å². The van der Waals surface area contributed by atoms with E-state index in [0.29, 0.717) is 36.6 Å². The smallest absolute Gasteiger partial charge is 0.252 e. The van der Waals surface area contributed by atoms with Crippen molar-refractivity contribution in [1.82, 2.24) is 9.62 Å². The molecule has 0 aromatic carbocycles. The van der Waals surface area contributed by atoms with Gasteiger partial charge < -0.3 is 5.32 Å². The van der Waals surface area contributed by atoms with E-state index in [4.69, 9.17) is 0 Å². The van der Waals surface area contributed by atoms with Crippen molar-refractivity contribution in [2.75, 3.05) is 24.6 Å². The van der Waals surface area contributed by atoms with Gasteiger partial charge in [0.05, 0.1) is 11.5 Å². The molecule has 0 spiro atoms. The maximum atomic E-state index is 12.4. The second-order valence-electron chi connectivity index (χ2n) is 6.22. The summed E-state index contributed by atoms with van der Waals surface area (Å²) in [7, 11) is -6.49. The zero-order valence-electron chi connectivity index (χ0n) is 13.0. The molecule has 7 nitrogen and oxygen atoms in total. The Balaban J connectivity index is 1.54. The fourth-order valence-corrected chi connectivity index (χ4v) is 7.41. The summed E-state index contributed by atoms with van der Waals surface area (Å²) in [5.74, 6) is -0.298. The topological polar surface area (TPSA) is 101 Å². The van der Waals surface area contributed by atoms with Gasteiger partial charge in [-0.2, -0.15) is 4.31 Å². The molecule has 1 aromatic rings. The zero-order valence-corrected chi connectivity index (χ0v) is 15.5. The Kier molecular flexibility index (Phi) is 5.01. The lowest BCUT2D eigenvalue weighted by atomic mass is 9.97. The van der Waals surface area contributed by atoms with Gasteiger partial charge in [-0.15, -0.1) is 11.3 Å². The fourth-order valence-electron chi connectivity index (χ4n) is 3.12. The van der Waals surface area contributed by atoms with Crippen molar-refractivity contribution in [2.45, 2.75) is 29.5 Å². The monoisotopic (exact) mass is 392 g/mol. The average molecular weight is 393 g/mol. The largest absolute Gasteiger partial charge is 0.352 e. The lowest BCUT2D eigenvalue weighted by molar-refractivity contribution is -0.126. The zero-order chi connectivity index (χ0) is 17.4. The highest BCUT2D eigenvalue weighted by Crippen LogP contribution is 2.26. The maximum Gasteiger partial charge on any atom is 0.252 e. The van der Waals surface area contributed by atoms with Crippen LogP contribution in [0.1, 0.15) is 19.3 Å². The molecule has 24 heavy (non-hydrogen) atoms. The summed E-state index contributed by atoms with van der Waals surface area (Å²) in [4.78, 5) is 12.3. The summed E-state index contributed by atoms with van der Waals surface area (Å²) in [5, 5.41) is 4.53. The Morgan fingerprint density at radius 2 is 1.96 bits per heavy atom. The molecule has 1 aromatic heterocycles. The maximum absolute atomic E-state index is 12.4. The van der Waals surface area contributed by atoms with Crippen molar-refractivity contribution in [2.24, 2.45) is 5.92 Å². The second kappa shape index (κ2) is 6.74. The molecule has 0 aliphatic carbocycles. The first kappa shape index (κ1) is 17.8. The van der Waals surface area contributed by atoms with E-state index in [0.717, 1.165) is 0 Å². The first-order valence-electron chi connectivity index (χ1n) is 7.82. The molecule has 3 rings (SSSR count). The number of rotatable bonds is 4. The van der Waals surface area contributed by atoms with Crippen molar-refractivity contribution >= 4 is 37.1 Å². The van der Waals surface area contributed by atoms with Crippen LogP contribution in [0.25, 0.3) is 0 Å². The van der Waals surface area contributed by atoms with Crippen molar-refractivity contribution in [3.8, 4) is 0 Å². The number of sulfonamides is 1. The minimum Gasteiger partial charge on any atom is -0.352 e. The first-order valence-corrected chi connectivity index (χ1v) is 12.0. The molecule has 1 atom stereocenters. The molecular formula is C14H20N2O5S3. The standard InChI is InChI=1S/C14H20N2O5S3/c17-14(15-12-5-9-23(18,19)10-12)11-3-6-16(7-4-11)24(20,21)13-2-1-8-22-13/h1-2,8,11-12H,3-7,9-10H2,(H,15,17). The predicted molar refractivity (Wildman–Crippen MR) is 91.0 cm³/mol. The van der Waals surface area contributed by atoms with Gasteiger partial charge >= 0.3 is 0 Å². The summed E-state index contributed by atoms with van der Waals surface area (Å²) in [5.41, 5.74) is 0. The summed E-state index contributed by atoms with van der Waals surface area (Å²) in [6, 6.07) is 2.97. The van der Waals surface area contributed by atoms with Crippen LogP contribution in [-0.2, 0) is 24.7 Å². The third-order valence-corrected chi connectivity index (χ3v) is 9.53. The lowest BCUT2D eigenvalue weighted by Gasteiger charge is -2.30. The van der Waals surface area contributed by atoms with E-state index in [9.17, 15) is 21.6 Å². The molecule has 10 heteroatoms. The second-order valence-corrected chi connectivity index (χ2v) is 11.6. The van der Waals surface area contributed by atoms with Crippen molar-refractivity contribution in [3.05, 3.63) is 17.5 Å². The Morgan fingerprint density at radius 3 is 2.50 bits per heavy atom. The van der Waals surface area contributed by atoms with E-state index in [1.807, 2.05) is 0 Å². The number of carbonyl (C=O) groups excluding carboxylic acids is 1. The number of piperidine rings is 1. The highest BCUT2D eigenvalue weighted by atomic mass is 32.2. The van der Waals surface area contributed by atoms with E-state index in [2.05, 4.69) is 5.32 Å².